The Kier molecular flexibility index (Phi) is 2.89. The molecule has 1 heterocycles. The van der Waals surface area contributed by atoms with Crippen molar-refractivity contribution in [1.82, 2.24) is 0 Å². The van der Waals surface area contributed by atoms with Crippen molar-refractivity contribution in [1.29, 1.82) is 0 Å². The van der Waals surface area contributed by atoms with Crippen molar-refractivity contribution < 1.29 is 9.90 Å². The Hall–Kier alpha value is -1.38. The Balaban J connectivity index is 3.11. The number of carboxylic acids is 1. The van der Waals surface area contributed by atoms with E-state index in [2.05, 4.69) is 18.8 Å². The lowest BCUT2D eigenvalue weighted by molar-refractivity contribution is -0.132. The SMILES string of the molecule is CC(C)C1(C)C=CC=NC(C(=O)O)=C1. The summed E-state index contributed by atoms with van der Waals surface area (Å²) in [5, 5.41) is 8.87. The third-order valence-corrected chi connectivity index (χ3v) is 2.67. The quantitative estimate of drug-likeness (QED) is 0.731. The Labute approximate surface area is 83.9 Å². The van der Waals surface area contributed by atoms with Gasteiger partial charge in [-0.2, -0.15) is 0 Å². The molecule has 0 aromatic carbocycles. The molecule has 1 atom stereocenters. The minimum atomic E-state index is -0.975. The zero-order valence-electron chi connectivity index (χ0n) is 8.69. The highest BCUT2D eigenvalue weighted by Gasteiger charge is 2.25. The molecule has 3 nitrogen and oxygen atoms in total. The van der Waals surface area contributed by atoms with Crippen LogP contribution in [0.3, 0.4) is 0 Å². The molecule has 76 valence electrons. The van der Waals surface area contributed by atoms with E-state index >= 15 is 0 Å². The van der Waals surface area contributed by atoms with Gasteiger partial charge >= 0.3 is 5.97 Å². The van der Waals surface area contributed by atoms with Gasteiger partial charge < -0.3 is 5.11 Å². The van der Waals surface area contributed by atoms with Crippen molar-refractivity contribution in [2.75, 3.05) is 0 Å². The molecular formula is C11H15NO2. The maximum absolute atomic E-state index is 10.8. The minimum Gasteiger partial charge on any atom is -0.477 e. The number of carbonyl (C=O) groups is 1. The number of nitrogens with zero attached hydrogens (tertiary/aromatic N) is 1. The second-order valence-corrected chi connectivity index (χ2v) is 3.99. The van der Waals surface area contributed by atoms with E-state index in [0.717, 1.165) is 0 Å². The second-order valence-electron chi connectivity index (χ2n) is 3.99. The average Bonchev–Trinajstić information content (AvgIpc) is 2.28. The molecule has 0 spiro atoms. The maximum Gasteiger partial charge on any atom is 0.354 e. The molecule has 14 heavy (non-hydrogen) atoms. The number of hydrogen-bond acceptors (Lipinski definition) is 2. The first-order chi connectivity index (χ1) is 6.46. The highest BCUT2D eigenvalue weighted by Crippen LogP contribution is 2.32. The highest BCUT2D eigenvalue weighted by atomic mass is 16.4. The third-order valence-electron chi connectivity index (χ3n) is 2.67. The molecule has 0 aromatic rings. The predicted molar refractivity (Wildman–Crippen MR) is 56.3 cm³/mol. The lowest BCUT2D eigenvalue weighted by Crippen LogP contribution is -2.19. The van der Waals surface area contributed by atoms with Gasteiger partial charge in [0.05, 0.1) is 0 Å². The van der Waals surface area contributed by atoms with Gasteiger partial charge in [-0.1, -0.05) is 26.8 Å². The first kappa shape index (κ1) is 10.7. The van der Waals surface area contributed by atoms with Gasteiger partial charge in [-0.15, -0.1) is 0 Å². The van der Waals surface area contributed by atoms with E-state index in [0.29, 0.717) is 5.92 Å². The van der Waals surface area contributed by atoms with Gasteiger partial charge in [0.2, 0.25) is 0 Å². The number of hydrogen-bond donors (Lipinski definition) is 1. The van der Waals surface area contributed by atoms with Crippen LogP contribution in [-0.4, -0.2) is 17.3 Å². The maximum atomic E-state index is 10.8. The van der Waals surface area contributed by atoms with Crippen LogP contribution < -0.4 is 0 Å². The Morgan fingerprint density at radius 3 is 2.71 bits per heavy atom. The van der Waals surface area contributed by atoms with Gasteiger partial charge in [-0.05, 0) is 18.1 Å². The fraction of sp³-hybridized carbons (Fsp3) is 0.455. The summed E-state index contributed by atoms with van der Waals surface area (Å²) in [6, 6.07) is 0. The van der Waals surface area contributed by atoms with E-state index in [1.807, 2.05) is 13.0 Å². The van der Waals surface area contributed by atoms with Gasteiger partial charge in [-0.25, -0.2) is 9.79 Å². The fourth-order valence-corrected chi connectivity index (χ4v) is 1.23. The van der Waals surface area contributed by atoms with E-state index in [1.165, 1.54) is 6.21 Å². The van der Waals surface area contributed by atoms with Crippen LogP contribution in [0.1, 0.15) is 20.8 Å². The molecule has 0 aliphatic carbocycles. The van der Waals surface area contributed by atoms with Crippen molar-refractivity contribution >= 4 is 12.2 Å². The first-order valence-corrected chi connectivity index (χ1v) is 4.64. The summed E-state index contributed by atoms with van der Waals surface area (Å²) >= 11 is 0. The highest BCUT2D eigenvalue weighted by molar-refractivity contribution is 5.90. The van der Waals surface area contributed by atoms with Crippen LogP contribution in [0.15, 0.2) is 28.9 Å². The normalized spacial score (nSPS) is 26.1. The van der Waals surface area contributed by atoms with Crippen LogP contribution in [0.5, 0.6) is 0 Å². The molecule has 0 fully saturated rings. The van der Waals surface area contributed by atoms with Crippen molar-refractivity contribution in [3.8, 4) is 0 Å². The monoisotopic (exact) mass is 193 g/mol. The summed E-state index contributed by atoms with van der Waals surface area (Å²) in [6.45, 7) is 6.13. The van der Waals surface area contributed by atoms with Crippen molar-refractivity contribution in [2.45, 2.75) is 20.8 Å². The summed E-state index contributed by atoms with van der Waals surface area (Å²) in [7, 11) is 0. The standard InChI is InChI=1S/C11H15NO2/c1-8(2)11(3)5-4-6-12-9(7-11)10(13)14/h4-8H,1-3H3,(H,13,14). The van der Waals surface area contributed by atoms with Gasteiger partial charge in [0.1, 0.15) is 5.70 Å². The zero-order chi connectivity index (χ0) is 10.8. The van der Waals surface area contributed by atoms with Gasteiger partial charge in [-0.3, -0.25) is 0 Å². The molecule has 0 radical (unpaired) electrons. The average molecular weight is 193 g/mol. The zero-order valence-corrected chi connectivity index (χ0v) is 8.69. The lowest BCUT2D eigenvalue weighted by atomic mass is 9.78. The van der Waals surface area contributed by atoms with Crippen LogP contribution >= 0.6 is 0 Å². The molecule has 0 saturated heterocycles. The number of allylic oxidation sites excluding steroid dienone is 3. The molecule has 1 aliphatic heterocycles. The summed E-state index contributed by atoms with van der Waals surface area (Å²) in [4.78, 5) is 14.7. The van der Waals surface area contributed by atoms with Crippen LogP contribution in [0.25, 0.3) is 0 Å². The minimum absolute atomic E-state index is 0.117. The van der Waals surface area contributed by atoms with Crippen molar-refractivity contribution in [3.63, 3.8) is 0 Å². The molecule has 0 bridgehead atoms. The van der Waals surface area contributed by atoms with Gasteiger partial charge in [0.25, 0.3) is 0 Å². The van der Waals surface area contributed by atoms with Crippen molar-refractivity contribution in [2.24, 2.45) is 16.3 Å². The summed E-state index contributed by atoms with van der Waals surface area (Å²) < 4.78 is 0. The van der Waals surface area contributed by atoms with Gasteiger partial charge in [0, 0.05) is 11.6 Å². The molecular weight excluding hydrogens is 178 g/mol. The fourth-order valence-electron chi connectivity index (χ4n) is 1.23. The second kappa shape index (κ2) is 3.78. The number of aliphatic imine (C=N–C) groups is 1. The molecule has 1 rings (SSSR count). The smallest absolute Gasteiger partial charge is 0.354 e. The van der Waals surface area contributed by atoms with E-state index in [-0.39, 0.29) is 11.1 Å². The summed E-state index contributed by atoms with van der Waals surface area (Å²) in [5.41, 5.74) is -0.115. The lowest BCUT2D eigenvalue weighted by Gasteiger charge is -2.26. The first-order valence-electron chi connectivity index (χ1n) is 4.64. The molecule has 0 aromatic heterocycles. The van der Waals surface area contributed by atoms with E-state index in [1.54, 1.807) is 12.2 Å². The largest absolute Gasteiger partial charge is 0.477 e. The van der Waals surface area contributed by atoms with Crippen LogP contribution in [0.2, 0.25) is 0 Å². The predicted octanol–water partition coefficient (Wildman–Crippen LogP) is 2.26. The molecule has 0 amide bonds. The molecule has 1 unspecified atom stereocenters. The van der Waals surface area contributed by atoms with Crippen LogP contribution in [0, 0.1) is 11.3 Å². The Bertz CT molecular complexity index is 326. The Morgan fingerprint density at radius 1 is 1.57 bits per heavy atom. The van der Waals surface area contributed by atoms with Crippen molar-refractivity contribution in [3.05, 3.63) is 23.9 Å². The van der Waals surface area contributed by atoms with E-state index < -0.39 is 5.97 Å². The topological polar surface area (TPSA) is 49.7 Å². The van der Waals surface area contributed by atoms with Crippen LogP contribution in [0.4, 0.5) is 0 Å². The third kappa shape index (κ3) is 2.10. The number of rotatable bonds is 2. The Morgan fingerprint density at radius 2 is 2.21 bits per heavy atom. The summed E-state index contributed by atoms with van der Waals surface area (Å²) in [6.07, 6.45) is 7.01. The molecule has 3 heteroatoms. The van der Waals surface area contributed by atoms with E-state index in [4.69, 9.17) is 5.11 Å². The number of carboxylic acid groups (broad SMARTS) is 1. The molecule has 1 aliphatic rings. The van der Waals surface area contributed by atoms with Crippen LogP contribution in [-0.2, 0) is 4.79 Å². The molecule has 0 saturated carbocycles. The molecule has 1 N–H and O–H groups in total. The summed E-state index contributed by atoms with van der Waals surface area (Å²) in [5.74, 6) is -0.633. The van der Waals surface area contributed by atoms with Gasteiger partial charge in [0.15, 0.2) is 0 Å². The van der Waals surface area contributed by atoms with E-state index in [9.17, 15) is 4.79 Å². The number of aliphatic carboxylic acids is 1.